The summed E-state index contributed by atoms with van der Waals surface area (Å²) < 4.78 is 0.428. The summed E-state index contributed by atoms with van der Waals surface area (Å²) >= 11 is 6.57. The van der Waals surface area contributed by atoms with Crippen LogP contribution in [-0.4, -0.2) is 21.3 Å². The number of benzene rings is 2. The minimum atomic E-state index is -1.01. The smallest absolute Gasteiger partial charge is 0.335 e. The zero-order chi connectivity index (χ0) is 18.7. The van der Waals surface area contributed by atoms with E-state index < -0.39 is 5.97 Å². The summed E-state index contributed by atoms with van der Waals surface area (Å²) in [6, 6.07) is 15.9. The summed E-state index contributed by atoms with van der Waals surface area (Å²) in [6.45, 7) is 1.93. The summed E-state index contributed by atoms with van der Waals surface area (Å²) in [7, 11) is 0. The molecule has 0 aliphatic carbocycles. The largest absolute Gasteiger partial charge is 0.478 e. The van der Waals surface area contributed by atoms with Crippen molar-refractivity contribution in [2.24, 2.45) is 0 Å². The monoisotopic (exact) mass is 381 g/mol. The molecule has 4 nitrogen and oxygen atoms in total. The normalized spacial score (nSPS) is 16.4. The van der Waals surface area contributed by atoms with Crippen LogP contribution in [0.15, 0.2) is 71.2 Å². The molecule has 0 spiro atoms. The van der Waals surface area contributed by atoms with Gasteiger partial charge in [-0.15, -0.1) is 0 Å². The van der Waals surface area contributed by atoms with E-state index in [1.165, 1.54) is 28.8 Å². The molecule has 2 aromatic rings. The number of aromatic carboxylic acids is 1. The van der Waals surface area contributed by atoms with Crippen molar-refractivity contribution in [2.45, 2.75) is 6.92 Å². The summed E-state index contributed by atoms with van der Waals surface area (Å²) in [4.78, 5) is 25.7. The van der Waals surface area contributed by atoms with Crippen LogP contribution in [0.3, 0.4) is 0 Å². The fraction of sp³-hybridized carbons (Fsp3) is 0.0500. The molecule has 3 rings (SSSR count). The zero-order valence-electron chi connectivity index (χ0n) is 13.9. The van der Waals surface area contributed by atoms with Gasteiger partial charge in [0.1, 0.15) is 0 Å². The van der Waals surface area contributed by atoms with Gasteiger partial charge in [0.25, 0.3) is 5.91 Å². The molecule has 0 aromatic heterocycles. The second-order valence-corrected chi connectivity index (χ2v) is 7.34. The average molecular weight is 381 g/mol. The van der Waals surface area contributed by atoms with Gasteiger partial charge in [0.15, 0.2) is 4.32 Å². The third kappa shape index (κ3) is 3.92. The van der Waals surface area contributed by atoms with Crippen LogP contribution in [0.2, 0.25) is 0 Å². The van der Waals surface area contributed by atoms with Crippen molar-refractivity contribution in [1.82, 2.24) is 0 Å². The van der Waals surface area contributed by atoms with E-state index in [2.05, 4.69) is 0 Å². The van der Waals surface area contributed by atoms with Crippen LogP contribution in [-0.2, 0) is 4.79 Å². The number of anilines is 1. The zero-order valence-corrected chi connectivity index (χ0v) is 15.5. The number of hydrogen-bond acceptors (Lipinski definition) is 4. The Kier molecular flexibility index (Phi) is 5.35. The van der Waals surface area contributed by atoms with Gasteiger partial charge in [0, 0.05) is 0 Å². The number of rotatable bonds is 4. The highest BCUT2D eigenvalue weighted by atomic mass is 32.2. The highest BCUT2D eigenvalue weighted by Gasteiger charge is 2.33. The molecule has 1 amide bonds. The average Bonchev–Trinajstić information content (AvgIpc) is 2.89. The molecule has 0 saturated carbocycles. The molecule has 1 aliphatic rings. The molecule has 2 aromatic carbocycles. The van der Waals surface area contributed by atoms with E-state index in [0.717, 1.165) is 11.1 Å². The van der Waals surface area contributed by atoms with Crippen LogP contribution in [0.5, 0.6) is 0 Å². The SMILES string of the molecule is CC(=C/c1ccccc1)/C=C1/SC(=S)N(c2ccc(C(=O)O)cc2)C1=O. The Bertz CT molecular complexity index is 931. The maximum atomic E-state index is 12.7. The Morgan fingerprint density at radius 2 is 1.77 bits per heavy atom. The van der Waals surface area contributed by atoms with Gasteiger partial charge in [-0.25, -0.2) is 4.79 Å². The minimum absolute atomic E-state index is 0.163. The van der Waals surface area contributed by atoms with Crippen LogP contribution < -0.4 is 4.90 Å². The van der Waals surface area contributed by atoms with Crippen molar-refractivity contribution in [2.75, 3.05) is 4.90 Å². The number of nitrogens with zero attached hydrogens (tertiary/aromatic N) is 1. The van der Waals surface area contributed by atoms with Crippen molar-refractivity contribution < 1.29 is 14.7 Å². The van der Waals surface area contributed by atoms with Gasteiger partial charge in [0.2, 0.25) is 0 Å². The third-order valence-corrected chi connectivity index (χ3v) is 5.02. The molecule has 130 valence electrons. The molecule has 26 heavy (non-hydrogen) atoms. The predicted molar refractivity (Wildman–Crippen MR) is 109 cm³/mol. The van der Waals surface area contributed by atoms with E-state index in [0.29, 0.717) is 14.9 Å². The lowest BCUT2D eigenvalue weighted by Crippen LogP contribution is -2.27. The van der Waals surface area contributed by atoms with Crippen molar-refractivity contribution in [1.29, 1.82) is 0 Å². The summed E-state index contributed by atoms with van der Waals surface area (Å²) in [5, 5.41) is 8.98. The van der Waals surface area contributed by atoms with Gasteiger partial charge >= 0.3 is 5.97 Å². The van der Waals surface area contributed by atoms with Gasteiger partial charge in [-0.1, -0.05) is 60.4 Å². The lowest BCUT2D eigenvalue weighted by Gasteiger charge is -2.14. The number of allylic oxidation sites excluding steroid dienone is 2. The Morgan fingerprint density at radius 1 is 1.12 bits per heavy atom. The first-order valence-corrected chi connectivity index (χ1v) is 9.03. The predicted octanol–water partition coefficient (Wildman–Crippen LogP) is 4.74. The molecular formula is C20H15NO3S2. The number of carbonyl (C=O) groups is 2. The van der Waals surface area contributed by atoms with Gasteiger partial charge in [0.05, 0.1) is 16.2 Å². The number of carboxylic acids is 1. The molecule has 1 fully saturated rings. The number of hydrogen-bond donors (Lipinski definition) is 1. The summed E-state index contributed by atoms with van der Waals surface area (Å²) in [5.41, 5.74) is 2.72. The van der Waals surface area contributed by atoms with E-state index in [-0.39, 0.29) is 11.5 Å². The Morgan fingerprint density at radius 3 is 2.38 bits per heavy atom. The number of thiocarbonyl (C=S) groups is 1. The number of carboxylic acid groups (broad SMARTS) is 1. The topological polar surface area (TPSA) is 57.6 Å². The molecule has 1 N–H and O–H groups in total. The van der Waals surface area contributed by atoms with Gasteiger partial charge in [-0.05, 0) is 48.4 Å². The van der Waals surface area contributed by atoms with Crippen LogP contribution in [0.1, 0.15) is 22.8 Å². The maximum absolute atomic E-state index is 12.7. The van der Waals surface area contributed by atoms with Crippen molar-refractivity contribution in [3.8, 4) is 0 Å². The van der Waals surface area contributed by atoms with Crippen LogP contribution in [0.4, 0.5) is 5.69 Å². The molecule has 1 aliphatic heterocycles. The van der Waals surface area contributed by atoms with E-state index in [9.17, 15) is 9.59 Å². The van der Waals surface area contributed by atoms with Gasteiger partial charge in [-0.3, -0.25) is 9.69 Å². The van der Waals surface area contributed by atoms with Crippen molar-refractivity contribution in [3.05, 3.63) is 82.3 Å². The maximum Gasteiger partial charge on any atom is 0.335 e. The standard InChI is InChI=1S/C20H15NO3S2/c1-13(11-14-5-3-2-4-6-14)12-17-18(22)21(20(25)26-17)16-9-7-15(8-10-16)19(23)24/h2-12H,1H3,(H,23,24)/b13-11-,17-12+. The van der Waals surface area contributed by atoms with E-state index in [1.54, 1.807) is 12.1 Å². The van der Waals surface area contributed by atoms with Crippen LogP contribution >= 0.6 is 24.0 Å². The molecule has 1 heterocycles. The summed E-state index contributed by atoms with van der Waals surface area (Å²) in [5.74, 6) is -1.22. The molecule has 0 atom stereocenters. The fourth-order valence-electron chi connectivity index (χ4n) is 2.50. The summed E-state index contributed by atoms with van der Waals surface area (Å²) in [6.07, 6.45) is 3.81. The minimum Gasteiger partial charge on any atom is -0.478 e. The lowest BCUT2D eigenvalue weighted by atomic mass is 10.1. The van der Waals surface area contributed by atoms with E-state index >= 15 is 0 Å². The highest BCUT2D eigenvalue weighted by Crippen LogP contribution is 2.35. The van der Waals surface area contributed by atoms with Gasteiger partial charge in [-0.2, -0.15) is 0 Å². The Labute approximate surface area is 160 Å². The molecular weight excluding hydrogens is 366 g/mol. The first-order chi connectivity index (χ1) is 12.5. The number of carbonyl (C=O) groups excluding carboxylic acids is 1. The first-order valence-electron chi connectivity index (χ1n) is 7.80. The van der Waals surface area contributed by atoms with Crippen molar-refractivity contribution >= 4 is 51.9 Å². The molecule has 0 radical (unpaired) electrons. The fourth-order valence-corrected chi connectivity index (χ4v) is 3.85. The number of amides is 1. The van der Waals surface area contributed by atoms with Gasteiger partial charge < -0.3 is 5.11 Å². The second kappa shape index (κ2) is 7.68. The molecule has 6 heteroatoms. The molecule has 0 unspecified atom stereocenters. The van der Waals surface area contributed by atoms with E-state index in [1.807, 2.05) is 49.4 Å². The molecule has 0 bridgehead atoms. The van der Waals surface area contributed by atoms with E-state index in [4.69, 9.17) is 17.3 Å². The quantitative estimate of drug-likeness (QED) is 0.612. The van der Waals surface area contributed by atoms with Crippen molar-refractivity contribution in [3.63, 3.8) is 0 Å². The first kappa shape index (κ1) is 18.1. The Balaban J connectivity index is 1.84. The second-order valence-electron chi connectivity index (χ2n) is 5.67. The van der Waals surface area contributed by atoms with Crippen LogP contribution in [0, 0.1) is 0 Å². The Hall–Kier alpha value is -2.70. The highest BCUT2D eigenvalue weighted by molar-refractivity contribution is 8.27. The molecule has 1 saturated heterocycles. The number of thioether (sulfide) groups is 1. The lowest BCUT2D eigenvalue weighted by molar-refractivity contribution is -0.113. The van der Waals surface area contributed by atoms with Crippen LogP contribution in [0.25, 0.3) is 6.08 Å². The third-order valence-electron chi connectivity index (χ3n) is 3.72.